The molecule has 1 aromatic heterocycles. The summed E-state index contributed by atoms with van der Waals surface area (Å²) in [6.45, 7) is 4.10. The molecule has 0 bridgehead atoms. The van der Waals surface area contributed by atoms with E-state index in [9.17, 15) is 0 Å². The Kier molecular flexibility index (Phi) is 4.93. The standard InChI is InChI=1S/C8H10BrN.BrH/c1-6-3-7(2)10-8(4-6)5-9;/h3-4H,5H2,1-2H3;1H. The fourth-order valence-electron chi connectivity index (χ4n) is 0.993. The van der Waals surface area contributed by atoms with Crippen LogP contribution in [-0.2, 0) is 5.33 Å². The maximum Gasteiger partial charge on any atom is 0.0514 e. The van der Waals surface area contributed by atoms with Gasteiger partial charge in [0, 0.05) is 11.0 Å². The number of hydrogen-bond donors (Lipinski definition) is 0. The molecular formula is C8H11Br2N. The predicted molar refractivity (Wildman–Crippen MR) is 56.7 cm³/mol. The summed E-state index contributed by atoms with van der Waals surface area (Å²) in [6, 6.07) is 4.16. The smallest absolute Gasteiger partial charge is 0.0514 e. The van der Waals surface area contributed by atoms with Gasteiger partial charge in [0.2, 0.25) is 0 Å². The molecular weight excluding hydrogens is 270 g/mol. The number of hydrogen-bond acceptors (Lipinski definition) is 1. The second-order valence-corrected chi connectivity index (χ2v) is 2.97. The summed E-state index contributed by atoms with van der Waals surface area (Å²) in [6.07, 6.45) is 0. The summed E-state index contributed by atoms with van der Waals surface area (Å²) >= 11 is 3.36. The van der Waals surface area contributed by atoms with Gasteiger partial charge >= 0.3 is 0 Å². The van der Waals surface area contributed by atoms with Crippen LogP contribution in [0.25, 0.3) is 0 Å². The van der Waals surface area contributed by atoms with E-state index >= 15 is 0 Å². The molecule has 0 aliphatic rings. The van der Waals surface area contributed by atoms with Gasteiger partial charge in [-0.25, -0.2) is 0 Å². The van der Waals surface area contributed by atoms with Crippen LogP contribution in [0.15, 0.2) is 12.1 Å². The minimum atomic E-state index is 0. The molecule has 1 rings (SSSR count). The quantitative estimate of drug-likeness (QED) is 0.720. The average molecular weight is 281 g/mol. The topological polar surface area (TPSA) is 12.9 Å². The average Bonchev–Trinajstić information content (AvgIpc) is 1.85. The van der Waals surface area contributed by atoms with Crippen molar-refractivity contribution >= 4 is 32.9 Å². The monoisotopic (exact) mass is 279 g/mol. The summed E-state index contributed by atoms with van der Waals surface area (Å²) < 4.78 is 0. The van der Waals surface area contributed by atoms with E-state index < -0.39 is 0 Å². The van der Waals surface area contributed by atoms with E-state index in [-0.39, 0.29) is 17.0 Å². The summed E-state index contributed by atoms with van der Waals surface area (Å²) in [7, 11) is 0. The van der Waals surface area contributed by atoms with E-state index in [0.29, 0.717) is 0 Å². The van der Waals surface area contributed by atoms with E-state index in [1.807, 2.05) is 6.92 Å². The van der Waals surface area contributed by atoms with Crippen molar-refractivity contribution in [2.75, 3.05) is 0 Å². The molecule has 0 amide bonds. The lowest BCUT2D eigenvalue weighted by Gasteiger charge is -1.98. The number of aromatic nitrogens is 1. The molecule has 1 aromatic rings. The van der Waals surface area contributed by atoms with Crippen LogP contribution in [0, 0.1) is 13.8 Å². The van der Waals surface area contributed by atoms with Crippen LogP contribution in [0.3, 0.4) is 0 Å². The molecule has 62 valence electrons. The van der Waals surface area contributed by atoms with Gasteiger partial charge in [-0.3, -0.25) is 4.98 Å². The van der Waals surface area contributed by atoms with Crippen molar-refractivity contribution in [2.45, 2.75) is 19.2 Å². The van der Waals surface area contributed by atoms with Crippen LogP contribution in [0.1, 0.15) is 17.0 Å². The highest BCUT2D eigenvalue weighted by atomic mass is 79.9. The minimum absolute atomic E-state index is 0. The van der Waals surface area contributed by atoms with E-state index in [0.717, 1.165) is 16.7 Å². The number of nitrogens with zero attached hydrogens (tertiary/aromatic N) is 1. The molecule has 1 heterocycles. The van der Waals surface area contributed by atoms with Gasteiger partial charge in [-0.1, -0.05) is 15.9 Å². The molecule has 11 heavy (non-hydrogen) atoms. The molecule has 3 heteroatoms. The van der Waals surface area contributed by atoms with Crippen molar-refractivity contribution in [3.05, 3.63) is 29.1 Å². The lowest BCUT2D eigenvalue weighted by atomic mass is 10.2. The van der Waals surface area contributed by atoms with E-state index in [4.69, 9.17) is 0 Å². The van der Waals surface area contributed by atoms with Gasteiger partial charge < -0.3 is 0 Å². The van der Waals surface area contributed by atoms with Crippen LogP contribution in [0.4, 0.5) is 0 Å². The predicted octanol–water partition coefficient (Wildman–Crippen LogP) is 3.17. The Labute approximate surface area is 86.1 Å². The molecule has 0 saturated carbocycles. The van der Waals surface area contributed by atoms with Crippen molar-refractivity contribution in [1.82, 2.24) is 4.98 Å². The first kappa shape index (κ1) is 11.1. The van der Waals surface area contributed by atoms with Gasteiger partial charge in [0.1, 0.15) is 0 Å². The highest BCUT2D eigenvalue weighted by molar-refractivity contribution is 9.08. The zero-order valence-corrected chi connectivity index (χ0v) is 9.89. The molecule has 0 saturated heterocycles. The van der Waals surface area contributed by atoms with Crippen LogP contribution in [0.5, 0.6) is 0 Å². The van der Waals surface area contributed by atoms with Crippen molar-refractivity contribution < 1.29 is 0 Å². The Morgan fingerprint density at radius 3 is 2.45 bits per heavy atom. The maximum atomic E-state index is 4.31. The van der Waals surface area contributed by atoms with Crippen LogP contribution >= 0.6 is 32.9 Å². The third-order valence-corrected chi connectivity index (χ3v) is 1.86. The van der Waals surface area contributed by atoms with Gasteiger partial charge in [0.25, 0.3) is 0 Å². The van der Waals surface area contributed by atoms with Gasteiger partial charge in [0.05, 0.1) is 5.69 Å². The van der Waals surface area contributed by atoms with Gasteiger partial charge in [-0.15, -0.1) is 17.0 Å². The third kappa shape index (κ3) is 3.34. The number of alkyl halides is 1. The first-order valence-electron chi connectivity index (χ1n) is 3.22. The maximum absolute atomic E-state index is 4.31. The fourth-order valence-corrected chi connectivity index (χ4v) is 1.28. The molecule has 0 unspecified atom stereocenters. The van der Waals surface area contributed by atoms with Crippen molar-refractivity contribution in [3.63, 3.8) is 0 Å². The molecule has 0 aliphatic heterocycles. The molecule has 0 atom stereocenters. The Bertz CT molecular complexity index is 215. The Hall–Kier alpha value is 0.110. The lowest BCUT2D eigenvalue weighted by Crippen LogP contribution is -1.89. The summed E-state index contributed by atoms with van der Waals surface area (Å²) in [5.41, 5.74) is 3.48. The molecule has 0 aromatic carbocycles. The van der Waals surface area contributed by atoms with Crippen LogP contribution < -0.4 is 0 Å². The number of pyridine rings is 1. The Balaban J connectivity index is 0.000001000. The summed E-state index contributed by atoms with van der Waals surface area (Å²) in [5.74, 6) is 0. The molecule has 1 nitrogen and oxygen atoms in total. The van der Waals surface area contributed by atoms with E-state index in [2.05, 4.69) is 40.0 Å². The number of rotatable bonds is 1. The lowest BCUT2D eigenvalue weighted by molar-refractivity contribution is 1.09. The third-order valence-electron chi connectivity index (χ3n) is 1.29. The van der Waals surface area contributed by atoms with Gasteiger partial charge in [0.15, 0.2) is 0 Å². The number of halogens is 2. The van der Waals surface area contributed by atoms with E-state index in [1.54, 1.807) is 0 Å². The first-order valence-corrected chi connectivity index (χ1v) is 4.34. The van der Waals surface area contributed by atoms with E-state index in [1.165, 1.54) is 5.56 Å². The summed E-state index contributed by atoms with van der Waals surface area (Å²) in [4.78, 5) is 4.31. The zero-order valence-electron chi connectivity index (χ0n) is 6.60. The van der Waals surface area contributed by atoms with Gasteiger partial charge in [-0.05, 0) is 31.5 Å². The molecule has 0 N–H and O–H groups in total. The van der Waals surface area contributed by atoms with Crippen LogP contribution in [-0.4, -0.2) is 4.98 Å². The molecule has 0 spiro atoms. The molecule has 0 aliphatic carbocycles. The minimum Gasteiger partial charge on any atom is -0.257 e. The van der Waals surface area contributed by atoms with Crippen molar-refractivity contribution in [2.24, 2.45) is 0 Å². The normalized spacial score (nSPS) is 9.00. The SMILES string of the molecule is Br.Cc1cc(C)nc(CBr)c1. The van der Waals surface area contributed by atoms with Gasteiger partial charge in [-0.2, -0.15) is 0 Å². The fraction of sp³-hybridized carbons (Fsp3) is 0.375. The molecule has 0 radical (unpaired) electrons. The first-order chi connectivity index (χ1) is 4.72. The highest BCUT2D eigenvalue weighted by Crippen LogP contribution is 2.06. The Morgan fingerprint density at radius 1 is 1.36 bits per heavy atom. The van der Waals surface area contributed by atoms with Crippen LogP contribution in [0.2, 0.25) is 0 Å². The van der Waals surface area contributed by atoms with Crippen molar-refractivity contribution in [3.8, 4) is 0 Å². The van der Waals surface area contributed by atoms with Crippen molar-refractivity contribution in [1.29, 1.82) is 0 Å². The molecule has 0 fully saturated rings. The highest BCUT2D eigenvalue weighted by Gasteiger charge is 1.93. The Morgan fingerprint density at radius 2 is 2.00 bits per heavy atom. The summed E-state index contributed by atoms with van der Waals surface area (Å²) in [5, 5.41) is 0.843. The second kappa shape index (κ2) is 4.88. The number of aryl methyl sites for hydroxylation is 2. The largest absolute Gasteiger partial charge is 0.257 e. The second-order valence-electron chi connectivity index (χ2n) is 2.41. The zero-order chi connectivity index (χ0) is 7.56.